The molecule has 2 aliphatic rings. The van der Waals surface area contributed by atoms with Gasteiger partial charge in [0.2, 0.25) is 0 Å². The van der Waals surface area contributed by atoms with Gasteiger partial charge >= 0.3 is 5.97 Å². The lowest BCUT2D eigenvalue weighted by Gasteiger charge is -2.50. The maximum atomic E-state index is 13.1. The lowest BCUT2D eigenvalue weighted by molar-refractivity contribution is -0.152. The molecule has 170 valence electrons. The number of benzene rings is 2. The van der Waals surface area contributed by atoms with Gasteiger partial charge in [0.15, 0.2) is 0 Å². The van der Waals surface area contributed by atoms with Gasteiger partial charge < -0.3 is 19.8 Å². The van der Waals surface area contributed by atoms with Crippen LogP contribution in [0.15, 0.2) is 48.5 Å². The third kappa shape index (κ3) is 3.78. The smallest absolute Gasteiger partial charge is 0.323 e. The van der Waals surface area contributed by atoms with E-state index >= 15 is 0 Å². The fourth-order valence-corrected chi connectivity index (χ4v) is 5.69. The molecule has 5 rings (SSSR count). The Morgan fingerprint density at radius 3 is 2.79 bits per heavy atom. The van der Waals surface area contributed by atoms with Crippen molar-refractivity contribution in [2.75, 3.05) is 20.8 Å². The van der Waals surface area contributed by atoms with Crippen molar-refractivity contribution in [2.24, 2.45) is 0 Å². The van der Waals surface area contributed by atoms with E-state index in [1.54, 1.807) is 7.11 Å². The Morgan fingerprint density at radius 2 is 2.00 bits per heavy atom. The minimum absolute atomic E-state index is 0.0118. The van der Waals surface area contributed by atoms with E-state index in [-0.39, 0.29) is 30.1 Å². The van der Waals surface area contributed by atoms with Crippen LogP contribution in [0.5, 0.6) is 5.75 Å². The number of carbonyl (C=O) groups excluding carboxylic acids is 1. The van der Waals surface area contributed by atoms with E-state index in [9.17, 15) is 4.79 Å². The number of hydrogen-bond acceptors (Lipinski definition) is 5. The summed E-state index contributed by atoms with van der Waals surface area (Å²) in [5, 5.41) is 4.71. The van der Waals surface area contributed by atoms with E-state index in [1.807, 2.05) is 24.3 Å². The molecule has 0 spiro atoms. The largest absolute Gasteiger partial charge is 0.497 e. The lowest BCUT2D eigenvalue weighted by atomic mass is 9.79. The van der Waals surface area contributed by atoms with Crippen molar-refractivity contribution in [3.8, 4) is 18.1 Å². The van der Waals surface area contributed by atoms with E-state index < -0.39 is 0 Å². The number of rotatable bonds is 5. The first-order valence-corrected chi connectivity index (χ1v) is 11.4. The van der Waals surface area contributed by atoms with E-state index in [2.05, 4.69) is 45.4 Å². The Labute approximate surface area is 194 Å². The second-order valence-corrected chi connectivity index (χ2v) is 8.81. The summed E-state index contributed by atoms with van der Waals surface area (Å²) >= 11 is 0. The molecular formula is C27H29N3O3. The van der Waals surface area contributed by atoms with Crippen molar-refractivity contribution in [1.82, 2.24) is 15.2 Å². The number of H-pyrrole nitrogens is 1. The molecule has 2 aliphatic heterocycles. The monoisotopic (exact) mass is 443 g/mol. The van der Waals surface area contributed by atoms with Crippen molar-refractivity contribution in [2.45, 2.75) is 43.4 Å². The highest BCUT2D eigenvalue weighted by atomic mass is 16.5. The average molecular weight is 444 g/mol. The van der Waals surface area contributed by atoms with Gasteiger partial charge in [-0.15, -0.1) is 6.42 Å². The van der Waals surface area contributed by atoms with E-state index in [0.717, 1.165) is 29.7 Å². The second-order valence-electron chi connectivity index (χ2n) is 8.81. The first-order valence-electron chi connectivity index (χ1n) is 11.4. The summed E-state index contributed by atoms with van der Waals surface area (Å²) < 4.78 is 10.8. The molecule has 2 N–H and O–H groups in total. The van der Waals surface area contributed by atoms with Crippen molar-refractivity contribution in [3.63, 3.8) is 0 Å². The van der Waals surface area contributed by atoms with Crippen molar-refractivity contribution >= 4 is 16.9 Å². The van der Waals surface area contributed by atoms with Crippen molar-refractivity contribution < 1.29 is 14.3 Å². The molecule has 0 unspecified atom stereocenters. The Balaban J connectivity index is 1.65. The summed E-state index contributed by atoms with van der Waals surface area (Å²) in [5.41, 5.74) is 4.63. The van der Waals surface area contributed by atoms with Gasteiger partial charge in [0.1, 0.15) is 11.8 Å². The molecule has 33 heavy (non-hydrogen) atoms. The SMILES string of the molecule is C#CCN[C@@H]1C[C@@H]2c3[nH]c4ccccc4c3C[C@@H](C(=O)OC)N2[C@H](c2cccc(OC)c2)C1. The number of para-hydroxylation sites is 1. The van der Waals surface area contributed by atoms with Gasteiger partial charge in [0.25, 0.3) is 0 Å². The normalized spacial score (nSPS) is 24.5. The highest BCUT2D eigenvalue weighted by Gasteiger charge is 2.48. The number of methoxy groups -OCH3 is 2. The predicted octanol–water partition coefficient (Wildman–Crippen LogP) is 3.74. The molecule has 6 nitrogen and oxygen atoms in total. The maximum absolute atomic E-state index is 13.1. The van der Waals surface area contributed by atoms with Crippen LogP contribution in [0.2, 0.25) is 0 Å². The summed E-state index contributed by atoms with van der Waals surface area (Å²) in [6.45, 7) is 0.516. The van der Waals surface area contributed by atoms with Crippen LogP contribution in [-0.4, -0.2) is 48.7 Å². The lowest BCUT2D eigenvalue weighted by Crippen LogP contribution is -2.55. The Morgan fingerprint density at radius 1 is 1.18 bits per heavy atom. The van der Waals surface area contributed by atoms with Gasteiger partial charge in [-0.3, -0.25) is 9.69 Å². The third-order valence-corrected chi connectivity index (χ3v) is 7.12. The molecule has 4 atom stereocenters. The third-order valence-electron chi connectivity index (χ3n) is 7.12. The zero-order valence-electron chi connectivity index (χ0n) is 19.0. The van der Waals surface area contributed by atoms with Crippen LogP contribution in [0, 0.1) is 12.3 Å². The summed E-state index contributed by atoms with van der Waals surface area (Å²) in [4.78, 5) is 19.1. The van der Waals surface area contributed by atoms with E-state index in [1.165, 1.54) is 23.8 Å². The Hall–Kier alpha value is -3.27. The van der Waals surface area contributed by atoms with Crippen LogP contribution in [-0.2, 0) is 16.0 Å². The zero-order valence-corrected chi connectivity index (χ0v) is 19.0. The van der Waals surface area contributed by atoms with Crippen LogP contribution in [0.3, 0.4) is 0 Å². The summed E-state index contributed by atoms with van der Waals surface area (Å²) in [6, 6.07) is 16.4. The van der Waals surface area contributed by atoms with E-state index in [0.29, 0.717) is 13.0 Å². The molecule has 1 fully saturated rings. The summed E-state index contributed by atoms with van der Waals surface area (Å²) in [7, 11) is 3.15. The number of aromatic nitrogens is 1. The molecule has 6 heteroatoms. The summed E-state index contributed by atoms with van der Waals surface area (Å²) in [5.74, 6) is 3.32. The fourth-order valence-electron chi connectivity index (χ4n) is 5.69. The van der Waals surface area contributed by atoms with Crippen LogP contribution >= 0.6 is 0 Å². The highest BCUT2D eigenvalue weighted by molar-refractivity contribution is 5.87. The van der Waals surface area contributed by atoms with E-state index in [4.69, 9.17) is 15.9 Å². The summed E-state index contributed by atoms with van der Waals surface area (Å²) in [6.07, 6.45) is 7.88. The van der Waals surface area contributed by atoms with Gasteiger partial charge in [-0.25, -0.2) is 0 Å². The highest BCUT2D eigenvalue weighted by Crippen LogP contribution is 2.49. The van der Waals surface area contributed by atoms with Crippen LogP contribution in [0.1, 0.15) is 41.7 Å². The average Bonchev–Trinajstić information content (AvgIpc) is 3.25. The Bertz CT molecular complexity index is 1210. The number of carbonyl (C=O) groups is 1. The number of fused-ring (bicyclic) bond motifs is 5. The molecule has 1 saturated heterocycles. The molecular weight excluding hydrogens is 414 g/mol. The molecule has 3 heterocycles. The predicted molar refractivity (Wildman–Crippen MR) is 128 cm³/mol. The molecule has 0 radical (unpaired) electrons. The molecule has 3 aromatic rings. The molecule has 0 amide bonds. The molecule has 1 aromatic heterocycles. The van der Waals surface area contributed by atoms with Gasteiger partial charge in [-0.05, 0) is 42.2 Å². The second kappa shape index (κ2) is 8.93. The van der Waals surface area contributed by atoms with Crippen LogP contribution in [0.25, 0.3) is 10.9 Å². The number of aromatic amines is 1. The number of nitrogens with zero attached hydrogens (tertiary/aromatic N) is 1. The molecule has 0 aliphatic carbocycles. The van der Waals surface area contributed by atoms with Crippen LogP contribution < -0.4 is 10.1 Å². The first-order chi connectivity index (χ1) is 16.1. The number of nitrogens with one attached hydrogen (secondary N) is 2. The fraction of sp³-hybridized carbons (Fsp3) is 0.370. The first kappa shape index (κ1) is 21.6. The van der Waals surface area contributed by atoms with Crippen molar-refractivity contribution in [1.29, 1.82) is 0 Å². The molecule has 0 bridgehead atoms. The Kier molecular flexibility index (Phi) is 5.84. The quantitative estimate of drug-likeness (QED) is 0.465. The topological polar surface area (TPSA) is 66.6 Å². The zero-order chi connectivity index (χ0) is 22.9. The van der Waals surface area contributed by atoms with Gasteiger partial charge in [-0.1, -0.05) is 36.3 Å². The molecule has 0 saturated carbocycles. The van der Waals surface area contributed by atoms with Gasteiger partial charge in [-0.2, -0.15) is 0 Å². The van der Waals surface area contributed by atoms with Crippen LogP contribution in [0.4, 0.5) is 0 Å². The standard InChI is InChI=1S/C27H29N3O3/c1-4-12-28-18-14-23(17-8-7-9-19(13-17)32-2)30-24(15-18)26-21(16-25(30)27(31)33-3)20-10-5-6-11-22(20)29-26/h1,5-11,13,18,23-25,28-29H,12,14-16H2,2-3H3/t18-,23-,24+,25-/m0/s1. The van der Waals surface area contributed by atoms with Crippen molar-refractivity contribution in [3.05, 3.63) is 65.4 Å². The van der Waals surface area contributed by atoms with Gasteiger partial charge in [0.05, 0.1) is 26.8 Å². The number of terminal acetylenes is 1. The number of esters is 1. The minimum Gasteiger partial charge on any atom is -0.497 e. The number of ether oxygens (including phenoxy) is 2. The number of piperidine rings is 1. The maximum Gasteiger partial charge on any atom is 0.323 e. The number of hydrogen-bond donors (Lipinski definition) is 2. The van der Waals surface area contributed by atoms with Gasteiger partial charge in [0, 0.05) is 35.1 Å². The minimum atomic E-state index is -0.364. The molecule has 2 aromatic carbocycles.